The Balaban J connectivity index is 2.02. The molecule has 0 radical (unpaired) electrons. The number of hydrogen-bond donors (Lipinski definition) is 2. The molecule has 8 heteroatoms. The van der Waals surface area contributed by atoms with Gasteiger partial charge in [-0.2, -0.15) is 0 Å². The molecule has 1 aliphatic rings. The van der Waals surface area contributed by atoms with Crippen LogP contribution in [0, 0.1) is 5.82 Å². The topological polar surface area (TPSA) is 79.8 Å². The summed E-state index contributed by atoms with van der Waals surface area (Å²) in [4.78, 5) is 4.38. The predicted octanol–water partition coefficient (Wildman–Crippen LogP) is 1.08. The van der Waals surface area contributed by atoms with E-state index in [0.717, 1.165) is 0 Å². The quantitative estimate of drug-likeness (QED) is 0.618. The van der Waals surface area contributed by atoms with Crippen molar-refractivity contribution in [2.24, 2.45) is 4.99 Å². The summed E-state index contributed by atoms with van der Waals surface area (Å²) < 4.78 is 41.6. The molecule has 1 aliphatic heterocycles. The van der Waals surface area contributed by atoms with Gasteiger partial charge in [0.2, 0.25) is 0 Å². The molecular formula is C15H22FN3O3S. The summed E-state index contributed by atoms with van der Waals surface area (Å²) in [5, 5.41) is 6.19. The largest absolute Gasteiger partial charge is 0.494 e. The molecule has 0 saturated carbocycles. The number of halogens is 1. The van der Waals surface area contributed by atoms with Gasteiger partial charge in [0.1, 0.15) is 0 Å². The molecule has 23 heavy (non-hydrogen) atoms. The molecule has 1 unspecified atom stereocenters. The second kappa shape index (κ2) is 7.63. The van der Waals surface area contributed by atoms with Crippen molar-refractivity contribution in [1.82, 2.24) is 10.6 Å². The zero-order chi connectivity index (χ0) is 16.9. The van der Waals surface area contributed by atoms with Gasteiger partial charge in [0, 0.05) is 12.6 Å². The SMILES string of the molecule is CCNC(=NCc1ccc(OC)c(F)c1)NC1CCS(=O)(=O)C1. The van der Waals surface area contributed by atoms with Gasteiger partial charge >= 0.3 is 0 Å². The number of rotatable bonds is 5. The van der Waals surface area contributed by atoms with Gasteiger partial charge in [0.15, 0.2) is 27.4 Å². The lowest BCUT2D eigenvalue weighted by molar-refractivity contribution is 0.386. The van der Waals surface area contributed by atoms with E-state index >= 15 is 0 Å². The molecule has 1 fully saturated rings. The lowest BCUT2D eigenvalue weighted by Crippen LogP contribution is -2.44. The van der Waals surface area contributed by atoms with Gasteiger partial charge in [-0.25, -0.2) is 17.8 Å². The van der Waals surface area contributed by atoms with E-state index in [-0.39, 0.29) is 29.8 Å². The van der Waals surface area contributed by atoms with E-state index in [0.29, 0.717) is 24.5 Å². The van der Waals surface area contributed by atoms with Gasteiger partial charge in [0.25, 0.3) is 0 Å². The highest BCUT2D eigenvalue weighted by Crippen LogP contribution is 2.18. The lowest BCUT2D eigenvalue weighted by Gasteiger charge is -2.15. The summed E-state index contributed by atoms with van der Waals surface area (Å²) in [6, 6.07) is 4.55. The zero-order valence-electron chi connectivity index (χ0n) is 13.3. The maximum atomic E-state index is 13.7. The van der Waals surface area contributed by atoms with Gasteiger partial charge in [0.05, 0.1) is 25.2 Å². The van der Waals surface area contributed by atoms with Crippen molar-refractivity contribution < 1.29 is 17.5 Å². The molecule has 1 aromatic carbocycles. The van der Waals surface area contributed by atoms with Crippen LogP contribution < -0.4 is 15.4 Å². The van der Waals surface area contributed by atoms with Gasteiger partial charge in [-0.3, -0.25) is 0 Å². The Bertz CT molecular complexity index is 677. The van der Waals surface area contributed by atoms with Gasteiger partial charge in [-0.05, 0) is 31.0 Å². The summed E-state index contributed by atoms with van der Waals surface area (Å²) in [6.07, 6.45) is 0.573. The summed E-state index contributed by atoms with van der Waals surface area (Å²) in [5.74, 6) is 0.618. The summed E-state index contributed by atoms with van der Waals surface area (Å²) >= 11 is 0. The van der Waals surface area contributed by atoms with Crippen LogP contribution in [0.15, 0.2) is 23.2 Å². The lowest BCUT2D eigenvalue weighted by atomic mass is 10.2. The van der Waals surface area contributed by atoms with Crippen molar-refractivity contribution in [2.45, 2.75) is 25.9 Å². The third kappa shape index (κ3) is 5.09. The van der Waals surface area contributed by atoms with Crippen LogP contribution in [0.2, 0.25) is 0 Å². The number of methoxy groups -OCH3 is 1. The Morgan fingerprint density at radius 1 is 1.48 bits per heavy atom. The molecule has 0 bridgehead atoms. The minimum Gasteiger partial charge on any atom is -0.494 e. The standard InChI is InChI=1S/C15H22FN3O3S/c1-3-17-15(19-12-6-7-23(20,21)10-12)18-9-11-4-5-14(22-2)13(16)8-11/h4-5,8,12H,3,6-7,9-10H2,1-2H3,(H2,17,18,19). The molecule has 1 atom stereocenters. The maximum absolute atomic E-state index is 13.7. The minimum atomic E-state index is -2.95. The number of aliphatic imine (C=N–C) groups is 1. The Kier molecular flexibility index (Phi) is 5.81. The molecule has 0 amide bonds. The minimum absolute atomic E-state index is 0.120. The van der Waals surface area contributed by atoms with Crippen LogP contribution in [0.1, 0.15) is 18.9 Å². The smallest absolute Gasteiger partial charge is 0.191 e. The molecule has 0 spiro atoms. The van der Waals surface area contributed by atoms with Crippen LogP contribution in [0.5, 0.6) is 5.75 Å². The predicted molar refractivity (Wildman–Crippen MR) is 88.0 cm³/mol. The number of ether oxygens (including phenoxy) is 1. The van der Waals surface area contributed by atoms with E-state index in [1.807, 2.05) is 6.92 Å². The fourth-order valence-electron chi connectivity index (χ4n) is 2.40. The second-order valence-electron chi connectivity index (χ2n) is 5.41. The molecule has 2 N–H and O–H groups in total. The molecule has 1 saturated heterocycles. The third-order valence-electron chi connectivity index (χ3n) is 3.55. The highest BCUT2D eigenvalue weighted by molar-refractivity contribution is 7.91. The second-order valence-corrected chi connectivity index (χ2v) is 7.64. The molecular weight excluding hydrogens is 321 g/mol. The van der Waals surface area contributed by atoms with Gasteiger partial charge < -0.3 is 15.4 Å². The van der Waals surface area contributed by atoms with Crippen LogP contribution in [0.3, 0.4) is 0 Å². The fourth-order valence-corrected chi connectivity index (χ4v) is 4.07. The average Bonchev–Trinajstić information content (AvgIpc) is 2.84. The fraction of sp³-hybridized carbons (Fsp3) is 0.533. The Labute approximate surface area is 136 Å². The van der Waals surface area contributed by atoms with Crippen molar-refractivity contribution >= 4 is 15.8 Å². The monoisotopic (exact) mass is 343 g/mol. The maximum Gasteiger partial charge on any atom is 0.191 e. The van der Waals surface area contributed by atoms with Crippen molar-refractivity contribution in [3.8, 4) is 5.75 Å². The van der Waals surface area contributed by atoms with Crippen LogP contribution in [0.25, 0.3) is 0 Å². The first-order chi connectivity index (χ1) is 10.9. The average molecular weight is 343 g/mol. The van der Waals surface area contributed by atoms with Crippen molar-refractivity contribution in [1.29, 1.82) is 0 Å². The number of hydrogen-bond acceptors (Lipinski definition) is 4. The summed E-state index contributed by atoms with van der Waals surface area (Å²) in [7, 11) is -1.53. The summed E-state index contributed by atoms with van der Waals surface area (Å²) in [5.41, 5.74) is 0.708. The molecule has 1 heterocycles. The zero-order valence-corrected chi connectivity index (χ0v) is 14.1. The van der Waals surface area contributed by atoms with Crippen molar-refractivity contribution in [2.75, 3.05) is 25.2 Å². The highest BCUT2D eigenvalue weighted by atomic mass is 32.2. The van der Waals surface area contributed by atoms with Crippen molar-refractivity contribution in [3.05, 3.63) is 29.6 Å². The highest BCUT2D eigenvalue weighted by Gasteiger charge is 2.28. The molecule has 0 aromatic heterocycles. The first-order valence-corrected chi connectivity index (χ1v) is 9.33. The number of guanidine groups is 1. The summed E-state index contributed by atoms with van der Waals surface area (Å²) in [6.45, 7) is 2.87. The Hall–Kier alpha value is -1.83. The molecule has 128 valence electrons. The van der Waals surface area contributed by atoms with E-state index in [2.05, 4.69) is 15.6 Å². The van der Waals surface area contributed by atoms with Crippen molar-refractivity contribution in [3.63, 3.8) is 0 Å². The molecule has 0 aliphatic carbocycles. The van der Waals surface area contributed by atoms with Crippen LogP contribution >= 0.6 is 0 Å². The first kappa shape index (κ1) is 17.5. The normalized spacial score (nSPS) is 20.3. The molecule has 1 aromatic rings. The first-order valence-electron chi connectivity index (χ1n) is 7.51. The van der Waals surface area contributed by atoms with E-state index in [1.54, 1.807) is 12.1 Å². The number of benzene rings is 1. The van der Waals surface area contributed by atoms with Gasteiger partial charge in [-0.15, -0.1) is 0 Å². The number of nitrogens with zero attached hydrogens (tertiary/aromatic N) is 1. The van der Waals surface area contributed by atoms with Crippen LogP contribution in [0.4, 0.5) is 4.39 Å². The molecule has 2 rings (SSSR count). The Morgan fingerprint density at radius 2 is 2.26 bits per heavy atom. The number of sulfone groups is 1. The van der Waals surface area contributed by atoms with E-state index in [4.69, 9.17) is 4.74 Å². The third-order valence-corrected chi connectivity index (χ3v) is 5.32. The van der Waals surface area contributed by atoms with E-state index < -0.39 is 15.7 Å². The molecule has 6 nitrogen and oxygen atoms in total. The number of nitrogens with one attached hydrogen (secondary N) is 2. The Morgan fingerprint density at radius 3 is 2.83 bits per heavy atom. The van der Waals surface area contributed by atoms with Crippen LogP contribution in [-0.2, 0) is 16.4 Å². The van der Waals surface area contributed by atoms with Crippen LogP contribution in [-0.4, -0.2) is 45.6 Å². The van der Waals surface area contributed by atoms with Gasteiger partial charge in [-0.1, -0.05) is 6.07 Å². The van der Waals surface area contributed by atoms with E-state index in [1.165, 1.54) is 13.2 Å². The van der Waals surface area contributed by atoms with E-state index in [9.17, 15) is 12.8 Å².